The van der Waals surface area contributed by atoms with Crippen LogP contribution < -0.4 is 10.1 Å². The summed E-state index contributed by atoms with van der Waals surface area (Å²) < 4.78 is 5.33. The van der Waals surface area contributed by atoms with Crippen molar-refractivity contribution in [3.8, 4) is 5.75 Å². The number of hydrogen-bond acceptors (Lipinski definition) is 3. The summed E-state index contributed by atoms with van der Waals surface area (Å²) in [7, 11) is 1.73. The Morgan fingerprint density at radius 2 is 2.29 bits per heavy atom. The van der Waals surface area contributed by atoms with E-state index in [1.54, 1.807) is 7.11 Å². The van der Waals surface area contributed by atoms with Crippen molar-refractivity contribution in [2.75, 3.05) is 13.7 Å². The third-order valence-electron chi connectivity index (χ3n) is 4.19. The number of pyridine rings is 1. The van der Waals surface area contributed by atoms with E-state index in [0.717, 1.165) is 25.1 Å². The first-order valence-electron chi connectivity index (χ1n) is 7.66. The predicted molar refractivity (Wildman–Crippen MR) is 84.6 cm³/mol. The molecule has 1 aliphatic carbocycles. The van der Waals surface area contributed by atoms with Crippen LogP contribution in [0.5, 0.6) is 5.75 Å². The van der Waals surface area contributed by atoms with Gasteiger partial charge >= 0.3 is 0 Å². The molecule has 0 saturated heterocycles. The molecule has 0 amide bonds. The molecule has 1 atom stereocenters. The highest BCUT2D eigenvalue weighted by Crippen LogP contribution is 2.32. The number of aromatic nitrogens is 1. The Morgan fingerprint density at radius 3 is 3.10 bits per heavy atom. The lowest BCUT2D eigenvalue weighted by Crippen LogP contribution is -2.27. The summed E-state index contributed by atoms with van der Waals surface area (Å²) in [4.78, 5) is 4.16. The highest BCUT2D eigenvalue weighted by atomic mass is 16.5. The topological polar surface area (TPSA) is 34.1 Å². The van der Waals surface area contributed by atoms with E-state index in [9.17, 15) is 0 Å². The molecule has 0 bridgehead atoms. The molecular weight excluding hydrogens is 260 g/mol. The lowest BCUT2D eigenvalue weighted by atomic mass is 9.87. The second-order valence-corrected chi connectivity index (χ2v) is 5.57. The highest BCUT2D eigenvalue weighted by molar-refractivity contribution is 5.39. The van der Waals surface area contributed by atoms with Crippen LogP contribution in [-0.4, -0.2) is 18.6 Å². The Labute approximate surface area is 126 Å². The molecule has 0 radical (unpaired) electrons. The molecule has 0 spiro atoms. The van der Waals surface area contributed by atoms with Crippen LogP contribution in [0.1, 0.15) is 35.6 Å². The number of fused-ring (bicyclic) bond motifs is 1. The van der Waals surface area contributed by atoms with Gasteiger partial charge in [0, 0.05) is 18.4 Å². The maximum atomic E-state index is 5.33. The first-order valence-corrected chi connectivity index (χ1v) is 7.66. The Bertz CT molecular complexity index is 583. The number of hydrogen-bond donors (Lipinski definition) is 1. The number of aryl methyl sites for hydroxylation is 1. The number of nitrogens with zero attached hydrogens (tertiary/aromatic N) is 1. The molecule has 1 aliphatic rings. The van der Waals surface area contributed by atoms with E-state index < -0.39 is 0 Å². The van der Waals surface area contributed by atoms with Gasteiger partial charge in [-0.2, -0.15) is 0 Å². The predicted octanol–water partition coefficient (Wildman–Crippen LogP) is 3.30. The summed E-state index contributed by atoms with van der Waals surface area (Å²) in [5.41, 5.74) is 4.16. The molecule has 1 aromatic carbocycles. The largest absolute Gasteiger partial charge is 0.497 e. The molecule has 2 aromatic rings. The molecule has 1 unspecified atom stereocenters. The molecule has 3 heteroatoms. The average Bonchev–Trinajstić information content (AvgIpc) is 2.55. The van der Waals surface area contributed by atoms with Gasteiger partial charge in [0.05, 0.1) is 7.11 Å². The highest BCUT2D eigenvalue weighted by Gasteiger charge is 2.19. The zero-order valence-electron chi connectivity index (χ0n) is 12.5. The molecule has 1 heterocycles. The van der Waals surface area contributed by atoms with Crippen LogP contribution in [0, 0.1) is 0 Å². The van der Waals surface area contributed by atoms with Crippen LogP contribution in [0.25, 0.3) is 0 Å². The van der Waals surface area contributed by atoms with Crippen molar-refractivity contribution in [3.05, 3.63) is 59.4 Å². The van der Waals surface area contributed by atoms with Crippen molar-refractivity contribution < 1.29 is 4.74 Å². The van der Waals surface area contributed by atoms with Gasteiger partial charge in [0.2, 0.25) is 0 Å². The van der Waals surface area contributed by atoms with Crippen molar-refractivity contribution in [2.45, 2.75) is 31.7 Å². The minimum Gasteiger partial charge on any atom is -0.497 e. The van der Waals surface area contributed by atoms with Crippen molar-refractivity contribution in [3.63, 3.8) is 0 Å². The van der Waals surface area contributed by atoms with E-state index in [-0.39, 0.29) is 0 Å². The van der Waals surface area contributed by atoms with E-state index >= 15 is 0 Å². The first-order chi connectivity index (χ1) is 10.4. The number of nitrogens with one attached hydrogen (secondary N) is 1. The summed E-state index contributed by atoms with van der Waals surface area (Å²) in [6.45, 7) is 0.988. The molecule has 1 N–H and O–H groups in total. The van der Waals surface area contributed by atoms with Crippen molar-refractivity contribution >= 4 is 0 Å². The van der Waals surface area contributed by atoms with Gasteiger partial charge in [-0.05, 0) is 67.1 Å². The van der Waals surface area contributed by atoms with Crippen LogP contribution in [-0.2, 0) is 12.8 Å². The standard InChI is InChI=1S/C18H22N2O/c1-21-16-7-8-17-15(12-16)5-2-6-18(17)20-11-9-14-4-3-10-19-13-14/h3-4,7-8,10,12-13,18,20H,2,5-6,9,11H2,1H3. The molecule has 110 valence electrons. The van der Waals surface area contributed by atoms with Crippen LogP contribution in [0.2, 0.25) is 0 Å². The zero-order chi connectivity index (χ0) is 14.5. The molecule has 21 heavy (non-hydrogen) atoms. The molecule has 0 fully saturated rings. The monoisotopic (exact) mass is 282 g/mol. The Morgan fingerprint density at radius 1 is 1.33 bits per heavy atom. The average molecular weight is 282 g/mol. The van der Waals surface area contributed by atoms with E-state index in [2.05, 4.69) is 34.6 Å². The van der Waals surface area contributed by atoms with Gasteiger partial charge in [-0.1, -0.05) is 12.1 Å². The summed E-state index contributed by atoms with van der Waals surface area (Å²) >= 11 is 0. The minimum atomic E-state index is 0.469. The van der Waals surface area contributed by atoms with Crippen LogP contribution in [0.15, 0.2) is 42.7 Å². The lowest BCUT2D eigenvalue weighted by molar-refractivity contribution is 0.411. The smallest absolute Gasteiger partial charge is 0.119 e. The molecule has 0 aliphatic heterocycles. The quantitative estimate of drug-likeness (QED) is 0.913. The van der Waals surface area contributed by atoms with Gasteiger partial charge in [-0.25, -0.2) is 0 Å². The molecule has 3 nitrogen and oxygen atoms in total. The number of rotatable bonds is 5. The van der Waals surface area contributed by atoms with Gasteiger partial charge in [0.1, 0.15) is 5.75 Å². The van der Waals surface area contributed by atoms with E-state index in [1.807, 2.05) is 18.5 Å². The van der Waals surface area contributed by atoms with Crippen LogP contribution >= 0.6 is 0 Å². The third kappa shape index (κ3) is 3.42. The number of ether oxygens (including phenoxy) is 1. The van der Waals surface area contributed by atoms with Crippen molar-refractivity contribution in [1.82, 2.24) is 10.3 Å². The Hall–Kier alpha value is -1.87. The maximum absolute atomic E-state index is 5.33. The normalized spacial score (nSPS) is 17.3. The Kier molecular flexibility index (Phi) is 4.51. The summed E-state index contributed by atoms with van der Waals surface area (Å²) in [5.74, 6) is 0.963. The first kappa shape index (κ1) is 14.1. The SMILES string of the molecule is COc1ccc2c(c1)CCCC2NCCc1cccnc1. The fourth-order valence-electron chi connectivity index (χ4n) is 3.07. The Balaban J connectivity index is 1.62. The fourth-order valence-corrected chi connectivity index (χ4v) is 3.07. The fraction of sp³-hybridized carbons (Fsp3) is 0.389. The zero-order valence-corrected chi connectivity index (χ0v) is 12.5. The van der Waals surface area contributed by atoms with Crippen molar-refractivity contribution in [1.29, 1.82) is 0 Å². The third-order valence-corrected chi connectivity index (χ3v) is 4.19. The van der Waals surface area contributed by atoms with Crippen LogP contribution in [0.4, 0.5) is 0 Å². The number of benzene rings is 1. The van der Waals surface area contributed by atoms with Gasteiger partial charge < -0.3 is 10.1 Å². The minimum absolute atomic E-state index is 0.469. The number of methoxy groups -OCH3 is 1. The van der Waals surface area contributed by atoms with Gasteiger partial charge in [-0.3, -0.25) is 4.98 Å². The summed E-state index contributed by atoms with van der Waals surface area (Å²) in [6.07, 6.45) is 8.41. The summed E-state index contributed by atoms with van der Waals surface area (Å²) in [5, 5.41) is 3.70. The molecule has 1 aromatic heterocycles. The van der Waals surface area contributed by atoms with Gasteiger partial charge in [-0.15, -0.1) is 0 Å². The second-order valence-electron chi connectivity index (χ2n) is 5.57. The molecular formula is C18H22N2O. The lowest BCUT2D eigenvalue weighted by Gasteiger charge is -2.27. The van der Waals surface area contributed by atoms with E-state index in [1.165, 1.54) is 29.5 Å². The maximum Gasteiger partial charge on any atom is 0.119 e. The van der Waals surface area contributed by atoms with E-state index in [0.29, 0.717) is 6.04 Å². The second kappa shape index (κ2) is 6.72. The van der Waals surface area contributed by atoms with Gasteiger partial charge in [0.25, 0.3) is 0 Å². The molecule has 0 saturated carbocycles. The van der Waals surface area contributed by atoms with Crippen LogP contribution in [0.3, 0.4) is 0 Å². The van der Waals surface area contributed by atoms with E-state index in [4.69, 9.17) is 4.74 Å². The van der Waals surface area contributed by atoms with Crippen molar-refractivity contribution in [2.24, 2.45) is 0 Å². The summed E-state index contributed by atoms with van der Waals surface area (Å²) in [6, 6.07) is 11.1. The van der Waals surface area contributed by atoms with Gasteiger partial charge in [0.15, 0.2) is 0 Å². The molecule has 3 rings (SSSR count).